The van der Waals surface area contributed by atoms with E-state index in [4.69, 9.17) is 5.11 Å². The molecule has 0 heterocycles. The van der Waals surface area contributed by atoms with E-state index in [0.29, 0.717) is 25.8 Å². The number of hydrogen-bond acceptors (Lipinski definition) is 3. The van der Waals surface area contributed by atoms with Gasteiger partial charge in [0, 0.05) is 12.5 Å². The Hall–Kier alpha value is -0.710. The van der Waals surface area contributed by atoms with Crippen LogP contribution < -0.4 is 5.32 Å². The smallest absolute Gasteiger partial charge is 0.306 e. The van der Waals surface area contributed by atoms with E-state index in [9.17, 15) is 9.59 Å². The van der Waals surface area contributed by atoms with Gasteiger partial charge in [-0.15, -0.1) is 0 Å². The predicted molar refractivity (Wildman–Crippen MR) is 69.1 cm³/mol. The maximum absolute atomic E-state index is 11.7. The lowest BCUT2D eigenvalue weighted by Crippen LogP contribution is -2.30. The van der Waals surface area contributed by atoms with Gasteiger partial charge >= 0.3 is 5.97 Å². The van der Waals surface area contributed by atoms with Gasteiger partial charge in [-0.2, -0.15) is 11.8 Å². The van der Waals surface area contributed by atoms with E-state index < -0.39 is 5.97 Å². The molecular formula is C12H21NO3S. The maximum Gasteiger partial charge on any atom is 0.306 e. The average molecular weight is 259 g/mol. The molecule has 4 nitrogen and oxygen atoms in total. The first-order valence-electron chi connectivity index (χ1n) is 6.14. The molecule has 0 aliphatic heterocycles. The molecule has 0 aromatic rings. The largest absolute Gasteiger partial charge is 0.481 e. The fourth-order valence-corrected chi connectivity index (χ4v) is 2.66. The zero-order valence-corrected chi connectivity index (χ0v) is 11.1. The normalized spacial score (nSPS) is 23.6. The number of carbonyl (C=O) groups excluding carboxylic acids is 1. The van der Waals surface area contributed by atoms with Gasteiger partial charge in [-0.25, -0.2) is 0 Å². The van der Waals surface area contributed by atoms with E-state index in [1.807, 2.05) is 11.8 Å². The van der Waals surface area contributed by atoms with Crippen LogP contribution in [0.15, 0.2) is 0 Å². The number of nitrogens with one attached hydrogen (secondary N) is 1. The summed E-state index contributed by atoms with van der Waals surface area (Å²) in [6.07, 6.45) is 6.05. The second-order valence-electron chi connectivity index (χ2n) is 4.54. The molecule has 0 radical (unpaired) electrons. The van der Waals surface area contributed by atoms with Crippen LogP contribution in [0.1, 0.15) is 32.1 Å². The Morgan fingerprint density at radius 1 is 1.29 bits per heavy atom. The SMILES string of the molecule is CSCCCCNC(=O)C1CCC(C(=O)O)C1. The number of carbonyl (C=O) groups is 2. The lowest BCUT2D eigenvalue weighted by atomic mass is 10.0. The molecule has 17 heavy (non-hydrogen) atoms. The molecule has 5 heteroatoms. The van der Waals surface area contributed by atoms with E-state index in [1.54, 1.807) is 0 Å². The van der Waals surface area contributed by atoms with Crippen LogP contribution in [0.2, 0.25) is 0 Å². The molecule has 0 aromatic carbocycles. The number of carboxylic acids is 1. The molecule has 1 amide bonds. The van der Waals surface area contributed by atoms with Gasteiger partial charge in [-0.1, -0.05) is 0 Å². The first kappa shape index (κ1) is 14.4. The third-order valence-electron chi connectivity index (χ3n) is 3.23. The van der Waals surface area contributed by atoms with E-state index >= 15 is 0 Å². The van der Waals surface area contributed by atoms with Crippen molar-refractivity contribution in [2.75, 3.05) is 18.6 Å². The van der Waals surface area contributed by atoms with Crippen molar-refractivity contribution >= 4 is 23.6 Å². The molecule has 2 N–H and O–H groups in total. The molecule has 1 saturated carbocycles. The van der Waals surface area contributed by atoms with Gasteiger partial charge in [0.1, 0.15) is 0 Å². The summed E-state index contributed by atoms with van der Waals surface area (Å²) < 4.78 is 0. The number of amides is 1. The molecule has 0 spiro atoms. The molecular weight excluding hydrogens is 238 g/mol. The van der Waals surface area contributed by atoms with Crippen LogP contribution in [0, 0.1) is 11.8 Å². The Bertz CT molecular complexity index is 270. The summed E-state index contributed by atoms with van der Waals surface area (Å²) in [5, 5.41) is 11.8. The lowest BCUT2D eigenvalue weighted by Gasteiger charge is -2.10. The Morgan fingerprint density at radius 2 is 2.00 bits per heavy atom. The highest BCUT2D eigenvalue weighted by atomic mass is 32.2. The monoisotopic (exact) mass is 259 g/mol. The molecule has 1 aliphatic carbocycles. The topological polar surface area (TPSA) is 66.4 Å². The van der Waals surface area contributed by atoms with Crippen LogP contribution in [0.4, 0.5) is 0 Å². The van der Waals surface area contributed by atoms with E-state index in [2.05, 4.69) is 11.6 Å². The quantitative estimate of drug-likeness (QED) is 0.684. The van der Waals surface area contributed by atoms with Gasteiger partial charge in [-0.05, 0) is 44.1 Å². The standard InChI is InChI=1S/C12H21NO3S/c1-17-7-3-2-6-13-11(14)9-4-5-10(8-9)12(15)16/h9-10H,2-8H2,1H3,(H,13,14)(H,15,16). The molecule has 2 atom stereocenters. The second kappa shape index (κ2) is 7.58. The van der Waals surface area contributed by atoms with Gasteiger partial charge in [0.25, 0.3) is 0 Å². The van der Waals surface area contributed by atoms with Gasteiger partial charge in [0.2, 0.25) is 5.91 Å². The highest BCUT2D eigenvalue weighted by Gasteiger charge is 2.33. The number of thioether (sulfide) groups is 1. The van der Waals surface area contributed by atoms with Crippen LogP contribution in [0.3, 0.4) is 0 Å². The summed E-state index contributed by atoms with van der Waals surface area (Å²) in [6, 6.07) is 0. The molecule has 0 aromatic heterocycles. The van der Waals surface area contributed by atoms with E-state index in [-0.39, 0.29) is 17.7 Å². The Labute approximate surface area is 107 Å². The summed E-state index contributed by atoms with van der Waals surface area (Å²) in [7, 11) is 0. The number of rotatable bonds is 7. The molecule has 1 aliphatic rings. The number of unbranched alkanes of at least 4 members (excludes halogenated alkanes) is 1. The fourth-order valence-electron chi connectivity index (χ4n) is 2.17. The van der Waals surface area contributed by atoms with Crippen molar-refractivity contribution in [1.82, 2.24) is 5.32 Å². The van der Waals surface area contributed by atoms with Gasteiger partial charge in [0.15, 0.2) is 0 Å². The Kier molecular flexibility index (Phi) is 6.40. The van der Waals surface area contributed by atoms with Crippen LogP contribution in [0.5, 0.6) is 0 Å². The summed E-state index contributed by atoms with van der Waals surface area (Å²) >= 11 is 1.81. The molecule has 0 saturated heterocycles. The van der Waals surface area contributed by atoms with E-state index in [1.165, 1.54) is 0 Å². The fraction of sp³-hybridized carbons (Fsp3) is 0.833. The second-order valence-corrected chi connectivity index (χ2v) is 5.52. The van der Waals surface area contributed by atoms with E-state index in [0.717, 1.165) is 18.6 Å². The zero-order chi connectivity index (χ0) is 12.7. The van der Waals surface area contributed by atoms with Crippen molar-refractivity contribution in [2.45, 2.75) is 32.1 Å². The van der Waals surface area contributed by atoms with Crippen molar-refractivity contribution in [2.24, 2.45) is 11.8 Å². The highest BCUT2D eigenvalue weighted by Crippen LogP contribution is 2.30. The average Bonchev–Trinajstić information content (AvgIpc) is 2.78. The van der Waals surface area contributed by atoms with Crippen LogP contribution in [-0.2, 0) is 9.59 Å². The van der Waals surface area contributed by atoms with Crippen LogP contribution >= 0.6 is 11.8 Å². The minimum atomic E-state index is -0.764. The number of hydrogen-bond donors (Lipinski definition) is 2. The van der Waals surface area contributed by atoms with Crippen molar-refractivity contribution in [3.8, 4) is 0 Å². The molecule has 2 unspecified atom stereocenters. The first-order chi connectivity index (χ1) is 8.15. The molecule has 0 bridgehead atoms. The summed E-state index contributed by atoms with van der Waals surface area (Å²) in [5.74, 6) is -0.00233. The molecule has 1 fully saturated rings. The molecule has 98 valence electrons. The van der Waals surface area contributed by atoms with Crippen molar-refractivity contribution in [1.29, 1.82) is 0 Å². The number of carboxylic acid groups (broad SMARTS) is 1. The lowest BCUT2D eigenvalue weighted by molar-refractivity contribution is -0.141. The summed E-state index contributed by atoms with van der Waals surface area (Å²) in [6.45, 7) is 0.716. The predicted octanol–water partition coefficient (Wildman–Crippen LogP) is 1.75. The number of aliphatic carboxylic acids is 1. The van der Waals surface area contributed by atoms with Gasteiger partial charge in [-0.3, -0.25) is 9.59 Å². The third-order valence-corrected chi connectivity index (χ3v) is 3.92. The summed E-state index contributed by atoms with van der Waals surface area (Å²) in [4.78, 5) is 22.5. The van der Waals surface area contributed by atoms with Crippen LogP contribution in [-0.4, -0.2) is 35.5 Å². The third kappa shape index (κ3) is 4.98. The minimum Gasteiger partial charge on any atom is -0.481 e. The Morgan fingerprint density at radius 3 is 2.59 bits per heavy atom. The van der Waals surface area contributed by atoms with Crippen molar-refractivity contribution in [3.63, 3.8) is 0 Å². The van der Waals surface area contributed by atoms with Crippen molar-refractivity contribution < 1.29 is 14.7 Å². The minimum absolute atomic E-state index is 0.0397. The Balaban J connectivity index is 2.14. The maximum atomic E-state index is 11.7. The zero-order valence-electron chi connectivity index (χ0n) is 10.3. The first-order valence-corrected chi connectivity index (χ1v) is 7.54. The summed E-state index contributed by atoms with van der Waals surface area (Å²) in [5.41, 5.74) is 0. The van der Waals surface area contributed by atoms with Crippen molar-refractivity contribution in [3.05, 3.63) is 0 Å². The van der Waals surface area contributed by atoms with Gasteiger partial charge < -0.3 is 10.4 Å². The van der Waals surface area contributed by atoms with Crippen LogP contribution in [0.25, 0.3) is 0 Å². The highest BCUT2D eigenvalue weighted by molar-refractivity contribution is 7.98. The van der Waals surface area contributed by atoms with Gasteiger partial charge in [0.05, 0.1) is 5.92 Å². The molecule has 1 rings (SSSR count).